The first-order valence-corrected chi connectivity index (χ1v) is 6.51. The molecule has 0 saturated heterocycles. The molecule has 108 valence electrons. The second-order valence-corrected chi connectivity index (χ2v) is 5.00. The van der Waals surface area contributed by atoms with Crippen molar-refractivity contribution in [2.45, 2.75) is 13.8 Å². The van der Waals surface area contributed by atoms with Crippen LogP contribution in [0.4, 0.5) is 0 Å². The normalized spacial score (nSPS) is 10.4. The molecule has 5 heteroatoms. The fraction of sp³-hybridized carbons (Fsp3) is 0.250. The number of furan rings is 1. The minimum atomic E-state index is -1.13. The molecule has 0 aliphatic heterocycles. The summed E-state index contributed by atoms with van der Waals surface area (Å²) in [6.07, 6.45) is 0. The zero-order valence-electron chi connectivity index (χ0n) is 11.8. The predicted octanol–water partition coefficient (Wildman–Crippen LogP) is 3.55. The largest absolute Gasteiger partial charge is 0.492 e. The lowest BCUT2D eigenvalue weighted by atomic mass is 10.1. The maximum Gasteiger partial charge on any atom is 0.371 e. The van der Waals surface area contributed by atoms with Crippen molar-refractivity contribution >= 4 is 5.97 Å². The fourth-order valence-electron chi connectivity index (χ4n) is 1.76. The molecule has 0 aliphatic rings. The van der Waals surface area contributed by atoms with E-state index in [4.69, 9.17) is 14.3 Å². The van der Waals surface area contributed by atoms with Gasteiger partial charge in [-0.3, -0.25) is 0 Å². The number of carboxylic acids is 1. The van der Waals surface area contributed by atoms with Crippen LogP contribution >= 0.6 is 0 Å². The Balaban J connectivity index is 2.29. The third-order valence-corrected chi connectivity index (χ3v) is 2.77. The zero-order chi connectivity index (χ0) is 15.4. The molecule has 0 fully saturated rings. The molecule has 5 nitrogen and oxygen atoms in total. The first-order chi connectivity index (χ1) is 10.0. The summed E-state index contributed by atoms with van der Waals surface area (Å²) in [6, 6.07) is 10.1. The number of nitriles is 1. The Hall–Kier alpha value is -2.74. The van der Waals surface area contributed by atoms with Crippen molar-refractivity contribution in [3.63, 3.8) is 0 Å². The quantitative estimate of drug-likeness (QED) is 0.908. The average molecular weight is 285 g/mol. The van der Waals surface area contributed by atoms with Gasteiger partial charge < -0.3 is 14.3 Å². The average Bonchev–Trinajstić information content (AvgIpc) is 2.94. The van der Waals surface area contributed by atoms with Gasteiger partial charge in [0, 0.05) is 5.56 Å². The predicted molar refractivity (Wildman–Crippen MR) is 76.2 cm³/mol. The van der Waals surface area contributed by atoms with Gasteiger partial charge in [0.1, 0.15) is 17.6 Å². The maximum atomic E-state index is 10.8. The van der Waals surface area contributed by atoms with E-state index >= 15 is 0 Å². The number of carbonyl (C=O) groups is 1. The number of nitrogens with zero attached hydrogens (tertiary/aromatic N) is 1. The van der Waals surface area contributed by atoms with Gasteiger partial charge in [-0.1, -0.05) is 13.8 Å². The topological polar surface area (TPSA) is 83.5 Å². The summed E-state index contributed by atoms with van der Waals surface area (Å²) in [5.41, 5.74) is 1.03. The molecule has 0 spiro atoms. The Labute approximate surface area is 122 Å². The first kappa shape index (κ1) is 14.7. The van der Waals surface area contributed by atoms with Crippen LogP contribution in [0.3, 0.4) is 0 Å². The summed E-state index contributed by atoms with van der Waals surface area (Å²) >= 11 is 0. The van der Waals surface area contributed by atoms with Crippen LogP contribution in [0.5, 0.6) is 5.75 Å². The first-order valence-electron chi connectivity index (χ1n) is 6.51. The third kappa shape index (κ3) is 3.42. The maximum absolute atomic E-state index is 10.8. The van der Waals surface area contributed by atoms with E-state index in [0.717, 1.165) is 0 Å². The molecule has 0 amide bonds. The van der Waals surface area contributed by atoms with Crippen LogP contribution in [0.2, 0.25) is 0 Å². The summed E-state index contributed by atoms with van der Waals surface area (Å²) in [4.78, 5) is 10.8. The van der Waals surface area contributed by atoms with E-state index in [-0.39, 0.29) is 5.76 Å². The number of hydrogen-bond donors (Lipinski definition) is 1. The van der Waals surface area contributed by atoms with Crippen molar-refractivity contribution in [3.8, 4) is 23.1 Å². The molecule has 0 saturated carbocycles. The van der Waals surface area contributed by atoms with Gasteiger partial charge >= 0.3 is 5.97 Å². The molecule has 2 rings (SSSR count). The molecule has 0 bridgehead atoms. The van der Waals surface area contributed by atoms with Crippen molar-refractivity contribution in [1.82, 2.24) is 0 Å². The minimum absolute atomic E-state index is 0.136. The summed E-state index contributed by atoms with van der Waals surface area (Å²) in [6.45, 7) is 4.57. The molecule has 1 N–H and O–H groups in total. The number of rotatable bonds is 5. The Morgan fingerprint density at radius 2 is 2.14 bits per heavy atom. The van der Waals surface area contributed by atoms with Crippen molar-refractivity contribution < 1.29 is 19.1 Å². The Bertz CT molecular complexity index is 695. The number of hydrogen-bond acceptors (Lipinski definition) is 4. The summed E-state index contributed by atoms with van der Waals surface area (Å²) in [5, 5.41) is 18.0. The van der Waals surface area contributed by atoms with Gasteiger partial charge in [0.25, 0.3) is 0 Å². The summed E-state index contributed by atoms with van der Waals surface area (Å²) < 4.78 is 10.8. The smallest absolute Gasteiger partial charge is 0.371 e. The van der Waals surface area contributed by atoms with E-state index in [1.807, 2.05) is 13.8 Å². The Morgan fingerprint density at radius 1 is 1.38 bits per heavy atom. The van der Waals surface area contributed by atoms with Crippen LogP contribution in [0.25, 0.3) is 11.3 Å². The number of aromatic carboxylic acids is 1. The minimum Gasteiger partial charge on any atom is -0.492 e. The summed E-state index contributed by atoms with van der Waals surface area (Å²) in [7, 11) is 0. The van der Waals surface area contributed by atoms with Crippen molar-refractivity contribution in [2.24, 2.45) is 5.92 Å². The van der Waals surface area contributed by atoms with E-state index in [1.54, 1.807) is 24.3 Å². The third-order valence-electron chi connectivity index (χ3n) is 2.77. The standard InChI is InChI=1S/C16H15NO4/c1-10(2)9-20-13-4-3-11(7-12(13)8-17)14-5-6-15(21-14)16(18)19/h3-7,10H,9H2,1-2H3,(H,18,19). The lowest BCUT2D eigenvalue weighted by Gasteiger charge is -2.10. The number of carboxylic acid groups (broad SMARTS) is 1. The van der Waals surface area contributed by atoms with Crippen LogP contribution < -0.4 is 4.74 Å². The van der Waals surface area contributed by atoms with Gasteiger partial charge in [0.05, 0.1) is 12.2 Å². The van der Waals surface area contributed by atoms with E-state index < -0.39 is 5.97 Å². The van der Waals surface area contributed by atoms with Gasteiger partial charge in [-0.25, -0.2) is 4.79 Å². The number of ether oxygens (including phenoxy) is 1. The highest BCUT2D eigenvalue weighted by molar-refractivity contribution is 5.85. The van der Waals surface area contributed by atoms with E-state index in [0.29, 0.717) is 35.2 Å². The van der Waals surface area contributed by atoms with E-state index in [9.17, 15) is 10.1 Å². The van der Waals surface area contributed by atoms with Crippen LogP contribution in [-0.2, 0) is 0 Å². The van der Waals surface area contributed by atoms with Crippen LogP contribution in [0.1, 0.15) is 30.0 Å². The van der Waals surface area contributed by atoms with E-state index in [1.165, 1.54) is 6.07 Å². The van der Waals surface area contributed by atoms with Gasteiger partial charge in [-0.15, -0.1) is 0 Å². The molecule has 0 radical (unpaired) electrons. The van der Waals surface area contributed by atoms with E-state index in [2.05, 4.69) is 6.07 Å². The van der Waals surface area contributed by atoms with Gasteiger partial charge in [0.2, 0.25) is 5.76 Å². The lowest BCUT2D eigenvalue weighted by molar-refractivity contribution is 0.0663. The highest BCUT2D eigenvalue weighted by Gasteiger charge is 2.12. The zero-order valence-corrected chi connectivity index (χ0v) is 11.8. The second kappa shape index (κ2) is 6.14. The van der Waals surface area contributed by atoms with Crippen LogP contribution in [0.15, 0.2) is 34.7 Å². The molecule has 1 heterocycles. The lowest BCUT2D eigenvalue weighted by Crippen LogP contribution is -2.05. The van der Waals surface area contributed by atoms with Gasteiger partial charge in [-0.2, -0.15) is 5.26 Å². The molecule has 0 atom stereocenters. The molecule has 1 aromatic carbocycles. The summed E-state index contributed by atoms with van der Waals surface area (Å²) in [5.74, 6) is 0.0148. The molecule has 21 heavy (non-hydrogen) atoms. The molecule has 0 unspecified atom stereocenters. The van der Waals surface area contributed by atoms with Crippen molar-refractivity contribution in [1.29, 1.82) is 5.26 Å². The van der Waals surface area contributed by atoms with Crippen LogP contribution in [0, 0.1) is 17.2 Å². The Morgan fingerprint density at radius 3 is 2.71 bits per heavy atom. The monoisotopic (exact) mass is 285 g/mol. The molecule has 0 aliphatic carbocycles. The van der Waals surface area contributed by atoms with Crippen molar-refractivity contribution in [3.05, 3.63) is 41.7 Å². The molecular weight excluding hydrogens is 270 g/mol. The second-order valence-electron chi connectivity index (χ2n) is 5.00. The fourth-order valence-corrected chi connectivity index (χ4v) is 1.76. The van der Waals surface area contributed by atoms with Gasteiger partial charge in [0.15, 0.2) is 0 Å². The number of benzene rings is 1. The highest BCUT2D eigenvalue weighted by atomic mass is 16.5. The SMILES string of the molecule is CC(C)COc1ccc(-c2ccc(C(=O)O)o2)cc1C#N. The molecule has 2 aromatic rings. The molecular formula is C16H15NO4. The highest BCUT2D eigenvalue weighted by Crippen LogP contribution is 2.28. The van der Waals surface area contributed by atoms with Crippen LogP contribution in [-0.4, -0.2) is 17.7 Å². The van der Waals surface area contributed by atoms with Crippen molar-refractivity contribution in [2.75, 3.05) is 6.61 Å². The molecule has 1 aromatic heterocycles. The van der Waals surface area contributed by atoms with Gasteiger partial charge in [-0.05, 0) is 36.2 Å². The Kier molecular flexibility index (Phi) is 4.29.